The summed E-state index contributed by atoms with van der Waals surface area (Å²) in [5.74, 6) is 0.775. The van der Waals surface area contributed by atoms with Crippen molar-refractivity contribution >= 4 is 45.3 Å². The van der Waals surface area contributed by atoms with Gasteiger partial charge in [0.15, 0.2) is 10.9 Å². The van der Waals surface area contributed by atoms with Crippen molar-refractivity contribution in [2.24, 2.45) is 0 Å². The summed E-state index contributed by atoms with van der Waals surface area (Å²) in [6.07, 6.45) is 0. The Kier molecular flexibility index (Phi) is 3.58. The Hall–Kier alpha value is -3.06. The minimum Gasteiger partial charge on any atom is -0.358 e. The number of fused-ring (bicyclic) bond motifs is 4. The number of H-pyrrole nitrogens is 2. The summed E-state index contributed by atoms with van der Waals surface area (Å²) >= 11 is 1.44. The molecule has 7 heteroatoms. The molecule has 0 aliphatic heterocycles. The molecule has 0 amide bonds. The summed E-state index contributed by atoms with van der Waals surface area (Å²) < 4.78 is 1.96. The zero-order chi connectivity index (χ0) is 18.5. The average Bonchev–Trinajstić information content (AvgIpc) is 3.32. The molecule has 5 aromatic rings. The van der Waals surface area contributed by atoms with Crippen LogP contribution in [0.25, 0.3) is 27.7 Å². The van der Waals surface area contributed by atoms with Gasteiger partial charge in [0.05, 0.1) is 16.3 Å². The normalized spacial score (nSPS) is 13.0. The fraction of sp³-hybridized carbons (Fsp3) is 0.150. The third-order valence-electron chi connectivity index (χ3n) is 4.80. The fourth-order valence-corrected chi connectivity index (χ4v) is 4.46. The largest absolute Gasteiger partial charge is 0.358 e. The number of aryl methyl sites for hydroxylation is 1. The van der Waals surface area contributed by atoms with Gasteiger partial charge in [-0.15, -0.1) is 5.10 Å². The molecule has 0 saturated carbocycles. The molecule has 1 atom stereocenters. The van der Waals surface area contributed by atoms with E-state index in [1.807, 2.05) is 66.8 Å². The second kappa shape index (κ2) is 5.99. The first-order valence-electron chi connectivity index (χ1n) is 8.73. The number of nitrogens with zero attached hydrogens (tertiary/aromatic N) is 3. The molecule has 0 aliphatic rings. The molecule has 27 heavy (non-hydrogen) atoms. The molecular formula is C20H17N5OS. The van der Waals surface area contributed by atoms with Crippen LogP contribution in [0.1, 0.15) is 23.0 Å². The van der Waals surface area contributed by atoms with Crippen LogP contribution in [0, 0.1) is 6.92 Å². The van der Waals surface area contributed by atoms with Crippen LogP contribution in [0.2, 0.25) is 0 Å². The SMILES string of the molecule is Cc1[nH]c2ccccc2c1C(=O)[C@H](C)Sc1n[nH]c2nc3ccccc3n12. The first-order chi connectivity index (χ1) is 13.1. The molecule has 0 spiro atoms. The van der Waals surface area contributed by atoms with E-state index in [1.54, 1.807) is 0 Å². The van der Waals surface area contributed by atoms with Gasteiger partial charge in [0.1, 0.15) is 0 Å². The van der Waals surface area contributed by atoms with Crippen molar-refractivity contribution in [3.8, 4) is 0 Å². The number of hydrogen-bond acceptors (Lipinski definition) is 4. The molecule has 0 aliphatic carbocycles. The van der Waals surface area contributed by atoms with E-state index in [0.717, 1.165) is 38.4 Å². The molecule has 0 unspecified atom stereocenters. The third kappa shape index (κ3) is 2.46. The van der Waals surface area contributed by atoms with Crippen molar-refractivity contribution in [1.29, 1.82) is 0 Å². The van der Waals surface area contributed by atoms with Crippen LogP contribution in [0.3, 0.4) is 0 Å². The van der Waals surface area contributed by atoms with E-state index in [4.69, 9.17) is 0 Å². The maximum Gasteiger partial charge on any atom is 0.231 e. The third-order valence-corrected chi connectivity index (χ3v) is 5.85. The van der Waals surface area contributed by atoms with Gasteiger partial charge in [0.2, 0.25) is 5.78 Å². The van der Waals surface area contributed by atoms with Gasteiger partial charge in [-0.05, 0) is 32.0 Å². The quantitative estimate of drug-likeness (QED) is 0.361. The lowest BCUT2D eigenvalue weighted by Crippen LogP contribution is -2.15. The van der Waals surface area contributed by atoms with E-state index < -0.39 is 0 Å². The molecule has 3 aromatic heterocycles. The van der Waals surface area contributed by atoms with E-state index in [0.29, 0.717) is 5.78 Å². The molecule has 6 nitrogen and oxygen atoms in total. The molecule has 5 rings (SSSR count). The predicted molar refractivity (Wildman–Crippen MR) is 108 cm³/mol. The van der Waals surface area contributed by atoms with E-state index in [-0.39, 0.29) is 11.0 Å². The highest BCUT2D eigenvalue weighted by molar-refractivity contribution is 8.00. The lowest BCUT2D eigenvalue weighted by Gasteiger charge is -2.09. The van der Waals surface area contributed by atoms with Crippen molar-refractivity contribution in [2.45, 2.75) is 24.3 Å². The Morgan fingerprint density at radius 2 is 1.93 bits per heavy atom. The van der Waals surface area contributed by atoms with Crippen molar-refractivity contribution in [2.75, 3.05) is 0 Å². The topological polar surface area (TPSA) is 78.8 Å². The van der Waals surface area contributed by atoms with Gasteiger partial charge in [0.25, 0.3) is 0 Å². The Bertz CT molecular complexity index is 1310. The summed E-state index contributed by atoms with van der Waals surface area (Å²) in [5, 5.41) is 8.75. The van der Waals surface area contributed by atoms with Gasteiger partial charge in [-0.25, -0.2) is 10.1 Å². The van der Waals surface area contributed by atoms with E-state index in [9.17, 15) is 4.79 Å². The lowest BCUT2D eigenvalue weighted by molar-refractivity contribution is 0.0995. The Morgan fingerprint density at radius 1 is 1.15 bits per heavy atom. The van der Waals surface area contributed by atoms with Crippen LogP contribution in [0.15, 0.2) is 53.7 Å². The first-order valence-corrected chi connectivity index (χ1v) is 9.61. The lowest BCUT2D eigenvalue weighted by atomic mass is 10.1. The molecule has 2 N–H and O–H groups in total. The number of imidazole rings is 1. The molecular weight excluding hydrogens is 358 g/mol. The molecule has 134 valence electrons. The number of benzene rings is 2. The van der Waals surface area contributed by atoms with Crippen molar-refractivity contribution in [3.63, 3.8) is 0 Å². The second-order valence-corrected chi connectivity index (χ2v) is 7.87. The van der Waals surface area contributed by atoms with Crippen LogP contribution < -0.4 is 0 Å². The van der Waals surface area contributed by atoms with Crippen LogP contribution in [-0.4, -0.2) is 35.6 Å². The average molecular weight is 375 g/mol. The number of thioether (sulfide) groups is 1. The minimum absolute atomic E-state index is 0.0931. The maximum atomic E-state index is 13.2. The number of para-hydroxylation sites is 3. The number of ketones is 1. The number of rotatable bonds is 4. The van der Waals surface area contributed by atoms with E-state index >= 15 is 0 Å². The number of aromatic nitrogens is 5. The monoisotopic (exact) mass is 375 g/mol. The van der Waals surface area contributed by atoms with Crippen LogP contribution in [-0.2, 0) is 0 Å². The Balaban J connectivity index is 1.53. The highest BCUT2D eigenvalue weighted by Gasteiger charge is 2.24. The van der Waals surface area contributed by atoms with Gasteiger partial charge in [-0.1, -0.05) is 42.1 Å². The first kappa shape index (κ1) is 16.1. The summed E-state index contributed by atoms with van der Waals surface area (Å²) in [7, 11) is 0. The Labute approximate surface area is 159 Å². The van der Waals surface area contributed by atoms with Gasteiger partial charge >= 0.3 is 0 Å². The van der Waals surface area contributed by atoms with Crippen LogP contribution in [0.5, 0.6) is 0 Å². The molecule has 0 radical (unpaired) electrons. The number of hydrogen-bond donors (Lipinski definition) is 2. The molecule has 0 fully saturated rings. The van der Waals surface area contributed by atoms with E-state index in [1.165, 1.54) is 11.8 Å². The van der Waals surface area contributed by atoms with Crippen LogP contribution >= 0.6 is 11.8 Å². The number of Topliss-reactive ketones (excluding diaryl/α,β-unsaturated/α-hetero) is 1. The highest BCUT2D eigenvalue weighted by atomic mass is 32.2. The minimum atomic E-state index is -0.282. The van der Waals surface area contributed by atoms with Gasteiger partial charge in [-0.2, -0.15) is 0 Å². The molecule has 2 aromatic carbocycles. The van der Waals surface area contributed by atoms with Gasteiger partial charge < -0.3 is 4.98 Å². The smallest absolute Gasteiger partial charge is 0.231 e. The predicted octanol–water partition coefficient (Wildman–Crippen LogP) is 4.36. The summed E-state index contributed by atoms with van der Waals surface area (Å²) in [6, 6.07) is 15.8. The van der Waals surface area contributed by atoms with E-state index in [2.05, 4.69) is 20.2 Å². The van der Waals surface area contributed by atoms with Gasteiger partial charge in [0, 0.05) is 22.2 Å². The highest BCUT2D eigenvalue weighted by Crippen LogP contribution is 2.30. The standard InChI is InChI=1S/C20H17N5OS/c1-11-17(13-7-3-4-8-14(13)21-11)18(26)12(2)27-20-24-23-19-22-15-9-5-6-10-16(15)25(19)20/h3-10,12,21H,1-2H3,(H,22,23)/t12-/m0/s1. The fourth-order valence-electron chi connectivity index (χ4n) is 3.53. The summed E-state index contributed by atoms with van der Waals surface area (Å²) in [6.45, 7) is 3.87. The molecule has 0 bridgehead atoms. The maximum absolute atomic E-state index is 13.2. The molecule has 3 heterocycles. The van der Waals surface area contributed by atoms with Crippen molar-refractivity contribution < 1.29 is 4.79 Å². The van der Waals surface area contributed by atoms with Gasteiger partial charge in [-0.3, -0.25) is 9.20 Å². The molecule has 0 saturated heterocycles. The number of nitrogens with one attached hydrogen (secondary N) is 2. The zero-order valence-electron chi connectivity index (χ0n) is 14.9. The summed E-state index contributed by atoms with van der Waals surface area (Å²) in [4.78, 5) is 21.0. The number of aromatic amines is 2. The number of carbonyl (C=O) groups excluding carboxylic acids is 1. The second-order valence-electron chi connectivity index (χ2n) is 6.56. The zero-order valence-corrected chi connectivity index (χ0v) is 15.7. The van der Waals surface area contributed by atoms with Crippen molar-refractivity contribution in [1.82, 2.24) is 24.6 Å². The van der Waals surface area contributed by atoms with Crippen molar-refractivity contribution in [3.05, 3.63) is 59.8 Å². The Morgan fingerprint density at radius 3 is 2.81 bits per heavy atom. The number of carbonyl (C=O) groups is 1. The van der Waals surface area contributed by atoms with Crippen LogP contribution in [0.4, 0.5) is 0 Å². The summed E-state index contributed by atoms with van der Waals surface area (Å²) in [5.41, 5.74) is 4.52.